The van der Waals surface area contributed by atoms with E-state index in [1.807, 2.05) is 0 Å². The molecule has 7 heteroatoms. The molecule has 0 aromatic heterocycles. The Bertz CT molecular complexity index is 665. The van der Waals surface area contributed by atoms with Crippen LogP contribution in [0.5, 0.6) is 0 Å². The van der Waals surface area contributed by atoms with Crippen LogP contribution < -0.4 is 5.32 Å². The normalized spacial score (nSPS) is 10.3. The molecule has 0 aliphatic heterocycles. The van der Waals surface area contributed by atoms with Crippen molar-refractivity contribution in [2.24, 2.45) is 0 Å². The molecule has 2 rings (SSSR count). The van der Waals surface area contributed by atoms with Crippen molar-refractivity contribution in [1.82, 2.24) is 0 Å². The number of halogens is 3. The lowest BCUT2D eigenvalue weighted by atomic mass is 10.2. The van der Waals surface area contributed by atoms with Crippen LogP contribution in [0.2, 0.25) is 10.0 Å². The standard InChI is InChI=1S/C13H9Cl2FN2O2/c14-9-2-3-12(10(15)6-9)17-7-8-1-4-13(18(19)20)11(16)5-8/h1-6,17H,7H2. The SMILES string of the molecule is O=[N+]([O-])c1ccc(CNc2ccc(Cl)cc2Cl)cc1F. The second-order valence-corrected chi connectivity index (χ2v) is 4.86. The zero-order valence-electron chi connectivity index (χ0n) is 10.1. The summed E-state index contributed by atoms with van der Waals surface area (Å²) in [7, 11) is 0. The van der Waals surface area contributed by atoms with Crippen molar-refractivity contribution in [2.75, 3.05) is 5.32 Å². The summed E-state index contributed by atoms with van der Waals surface area (Å²) in [6.45, 7) is 0.288. The lowest BCUT2D eigenvalue weighted by molar-refractivity contribution is -0.387. The van der Waals surface area contributed by atoms with E-state index < -0.39 is 16.4 Å². The van der Waals surface area contributed by atoms with Crippen molar-refractivity contribution in [3.05, 3.63) is 67.9 Å². The molecule has 4 nitrogen and oxygen atoms in total. The maximum absolute atomic E-state index is 13.4. The highest BCUT2D eigenvalue weighted by Gasteiger charge is 2.13. The highest BCUT2D eigenvalue weighted by atomic mass is 35.5. The minimum absolute atomic E-state index is 0.288. The molecule has 0 spiro atoms. The van der Waals surface area contributed by atoms with Crippen molar-refractivity contribution in [3.63, 3.8) is 0 Å². The molecular weight excluding hydrogens is 306 g/mol. The monoisotopic (exact) mass is 314 g/mol. The third-order valence-corrected chi connectivity index (χ3v) is 3.17. The van der Waals surface area contributed by atoms with E-state index in [1.165, 1.54) is 6.07 Å². The van der Waals surface area contributed by atoms with Gasteiger partial charge < -0.3 is 5.32 Å². The van der Waals surface area contributed by atoms with Gasteiger partial charge in [0.2, 0.25) is 5.82 Å². The van der Waals surface area contributed by atoms with E-state index >= 15 is 0 Å². The summed E-state index contributed by atoms with van der Waals surface area (Å²) in [5.74, 6) is -0.864. The van der Waals surface area contributed by atoms with Crippen LogP contribution in [0.1, 0.15) is 5.56 Å². The second kappa shape index (κ2) is 6.07. The van der Waals surface area contributed by atoms with Gasteiger partial charge in [-0.15, -0.1) is 0 Å². The first-order valence-electron chi connectivity index (χ1n) is 5.59. The molecule has 20 heavy (non-hydrogen) atoms. The fourth-order valence-electron chi connectivity index (χ4n) is 1.64. The van der Waals surface area contributed by atoms with Crippen LogP contribution in [0.25, 0.3) is 0 Å². The second-order valence-electron chi connectivity index (χ2n) is 4.02. The summed E-state index contributed by atoms with van der Waals surface area (Å²) in [5.41, 5.74) is 0.673. The van der Waals surface area contributed by atoms with E-state index in [-0.39, 0.29) is 6.54 Å². The van der Waals surface area contributed by atoms with Crippen molar-refractivity contribution in [3.8, 4) is 0 Å². The van der Waals surface area contributed by atoms with Gasteiger partial charge in [0.25, 0.3) is 0 Å². The van der Waals surface area contributed by atoms with E-state index in [0.717, 1.165) is 12.1 Å². The van der Waals surface area contributed by atoms with E-state index in [1.54, 1.807) is 18.2 Å². The van der Waals surface area contributed by atoms with Crippen LogP contribution in [0, 0.1) is 15.9 Å². The van der Waals surface area contributed by atoms with Crippen molar-refractivity contribution in [1.29, 1.82) is 0 Å². The maximum Gasteiger partial charge on any atom is 0.304 e. The molecule has 2 aromatic carbocycles. The van der Waals surface area contributed by atoms with Crippen molar-refractivity contribution >= 4 is 34.6 Å². The Kier molecular flexibility index (Phi) is 4.42. The summed E-state index contributed by atoms with van der Waals surface area (Å²) in [4.78, 5) is 9.75. The van der Waals surface area contributed by atoms with E-state index in [2.05, 4.69) is 5.32 Å². The predicted octanol–water partition coefficient (Wildman–Crippen LogP) is 4.65. The fraction of sp³-hybridized carbons (Fsp3) is 0.0769. The van der Waals surface area contributed by atoms with Crippen LogP contribution in [0.3, 0.4) is 0 Å². The van der Waals surface area contributed by atoms with Gasteiger partial charge in [-0.25, -0.2) is 0 Å². The molecule has 0 aliphatic rings. The molecule has 1 N–H and O–H groups in total. The minimum Gasteiger partial charge on any atom is -0.380 e. The summed E-state index contributed by atoms with van der Waals surface area (Å²) >= 11 is 11.8. The minimum atomic E-state index is -0.864. The van der Waals surface area contributed by atoms with Crippen molar-refractivity contribution < 1.29 is 9.31 Å². The number of hydrogen-bond donors (Lipinski definition) is 1. The average molecular weight is 315 g/mol. The highest BCUT2D eigenvalue weighted by molar-refractivity contribution is 6.36. The Hall–Kier alpha value is -1.85. The Labute approximate surface area is 124 Å². The molecule has 0 saturated heterocycles. The first-order valence-corrected chi connectivity index (χ1v) is 6.34. The van der Waals surface area contributed by atoms with E-state index in [0.29, 0.717) is 21.3 Å². The fourth-order valence-corrected chi connectivity index (χ4v) is 2.11. The first-order chi connectivity index (χ1) is 9.47. The van der Waals surface area contributed by atoms with Gasteiger partial charge in [0.1, 0.15) is 0 Å². The molecule has 0 amide bonds. The zero-order chi connectivity index (χ0) is 14.7. The molecule has 104 valence electrons. The number of nitrogens with zero attached hydrogens (tertiary/aromatic N) is 1. The first kappa shape index (κ1) is 14.6. The largest absolute Gasteiger partial charge is 0.380 e. The highest BCUT2D eigenvalue weighted by Crippen LogP contribution is 2.26. The third-order valence-electron chi connectivity index (χ3n) is 2.62. The number of anilines is 1. The van der Waals surface area contributed by atoms with Gasteiger partial charge in [0, 0.05) is 17.6 Å². The van der Waals surface area contributed by atoms with Crippen LogP contribution >= 0.6 is 23.2 Å². The maximum atomic E-state index is 13.4. The van der Waals surface area contributed by atoms with Crippen LogP contribution in [0.15, 0.2) is 36.4 Å². The summed E-state index contributed by atoms with van der Waals surface area (Å²) in [5, 5.41) is 14.5. The van der Waals surface area contributed by atoms with E-state index in [9.17, 15) is 14.5 Å². The smallest absolute Gasteiger partial charge is 0.304 e. The van der Waals surface area contributed by atoms with Gasteiger partial charge in [-0.2, -0.15) is 4.39 Å². The number of hydrogen-bond acceptors (Lipinski definition) is 3. The molecule has 0 fully saturated rings. The summed E-state index contributed by atoms with van der Waals surface area (Å²) in [6.07, 6.45) is 0. The Morgan fingerprint density at radius 3 is 2.55 bits per heavy atom. The molecule has 0 atom stereocenters. The van der Waals surface area contributed by atoms with Crippen molar-refractivity contribution in [2.45, 2.75) is 6.54 Å². The number of benzene rings is 2. The number of nitro benzene ring substituents is 1. The third kappa shape index (κ3) is 3.37. The summed E-state index contributed by atoms with van der Waals surface area (Å²) < 4.78 is 13.4. The van der Waals surface area contributed by atoms with Crippen LogP contribution in [-0.2, 0) is 6.54 Å². The van der Waals surface area contributed by atoms with Gasteiger partial charge in [-0.3, -0.25) is 10.1 Å². The molecule has 2 aromatic rings. The number of nitrogens with one attached hydrogen (secondary N) is 1. The molecule has 0 unspecified atom stereocenters. The Morgan fingerprint density at radius 2 is 1.95 bits per heavy atom. The predicted molar refractivity (Wildman–Crippen MR) is 76.8 cm³/mol. The average Bonchev–Trinajstić information content (AvgIpc) is 2.37. The van der Waals surface area contributed by atoms with Crippen LogP contribution in [0.4, 0.5) is 15.8 Å². The van der Waals surface area contributed by atoms with E-state index in [4.69, 9.17) is 23.2 Å². The Balaban J connectivity index is 2.11. The molecule has 0 bridgehead atoms. The molecule has 0 heterocycles. The lowest BCUT2D eigenvalue weighted by Crippen LogP contribution is -2.01. The van der Waals surface area contributed by atoms with Gasteiger partial charge >= 0.3 is 5.69 Å². The van der Waals surface area contributed by atoms with Crippen LogP contribution in [-0.4, -0.2) is 4.92 Å². The number of nitro groups is 1. The molecule has 0 saturated carbocycles. The molecule has 0 radical (unpaired) electrons. The van der Waals surface area contributed by atoms with Gasteiger partial charge in [0.05, 0.1) is 15.6 Å². The van der Waals surface area contributed by atoms with Gasteiger partial charge in [0.15, 0.2) is 0 Å². The topological polar surface area (TPSA) is 55.2 Å². The van der Waals surface area contributed by atoms with Gasteiger partial charge in [-0.05, 0) is 29.8 Å². The quantitative estimate of drug-likeness (QED) is 0.660. The number of rotatable bonds is 4. The Morgan fingerprint density at radius 1 is 1.20 bits per heavy atom. The molecular formula is C13H9Cl2FN2O2. The lowest BCUT2D eigenvalue weighted by Gasteiger charge is -2.09. The zero-order valence-corrected chi connectivity index (χ0v) is 11.6. The van der Waals surface area contributed by atoms with Gasteiger partial charge in [-0.1, -0.05) is 29.3 Å². The molecule has 0 aliphatic carbocycles. The summed E-state index contributed by atoms with van der Waals surface area (Å²) in [6, 6.07) is 8.70.